The zero-order valence-corrected chi connectivity index (χ0v) is 9.98. The van der Waals surface area contributed by atoms with Gasteiger partial charge in [-0.15, -0.1) is 0 Å². The lowest BCUT2D eigenvalue weighted by atomic mass is 10.1. The minimum Gasteiger partial charge on any atom is -0.390 e. The van der Waals surface area contributed by atoms with Crippen LogP contribution in [-0.2, 0) is 9.53 Å². The molecule has 0 spiro atoms. The fraction of sp³-hybridized carbons (Fsp3) is 0.500. The number of hydrogen-bond acceptors (Lipinski definition) is 8. The van der Waals surface area contributed by atoms with Gasteiger partial charge in [-0.05, 0) is 0 Å². The molecule has 1 aromatic rings. The van der Waals surface area contributed by atoms with Crippen molar-refractivity contribution in [3.05, 3.63) is 6.33 Å². The molecule has 0 bridgehead atoms. The number of nitrogen functional groups attached to an aromatic ring is 1. The molecule has 19 heavy (non-hydrogen) atoms. The Hall–Kier alpha value is -1.97. The Balaban J connectivity index is 2.10. The monoisotopic (exact) mass is 269 g/mol. The molecule has 9 heteroatoms. The van der Waals surface area contributed by atoms with E-state index in [0.29, 0.717) is 6.41 Å². The van der Waals surface area contributed by atoms with E-state index in [1.807, 2.05) is 0 Å². The van der Waals surface area contributed by atoms with Crippen molar-refractivity contribution in [1.82, 2.24) is 9.97 Å². The third-order valence-corrected chi connectivity index (χ3v) is 2.75. The highest BCUT2D eigenvalue weighted by atomic mass is 16.5. The average Bonchev–Trinajstić information content (AvgIpc) is 2.38. The van der Waals surface area contributed by atoms with Crippen LogP contribution in [0.15, 0.2) is 6.33 Å². The number of anilines is 3. The van der Waals surface area contributed by atoms with Crippen molar-refractivity contribution in [3.8, 4) is 0 Å². The largest absolute Gasteiger partial charge is 0.390 e. The van der Waals surface area contributed by atoms with E-state index in [1.54, 1.807) is 0 Å². The summed E-state index contributed by atoms with van der Waals surface area (Å²) in [5.41, 5.74) is 5.86. The topological polar surface area (TPSA) is 143 Å². The predicted molar refractivity (Wildman–Crippen MR) is 66.1 cm³/mol. The van der Waals surface area contributed by atoms with Gasteiger partial charge in [0, 0.05) is 6.42 Å². The summed E-state index contributed by atoms with van der Waals surface area (Å²) in [5.74, 6) is 0.397. The quantitative estimate of drug-likeness (QED) is 0.416. The van der Waals surface area contributed by atoms with Crippen LogP contribution in [0.25, 0.3) is 0 Å². The fourth-order valence-electron chi connectivity index (χ4n) is 1.73. The molecule has 9 nitrogen and oxygen atoms in total. The summed E-state index contributed by atoms with van der Waals surface area (Å²) >= 11 is 0. The first kappa shape index (κ1) is 13.5. The van der Waals surface area contributed by atoms with Crippen LogP contribution in [0, 0.1) is 0 Å². The van der Waals surface area contributed by atoms with Gasteiger partial charge in [-0.2, -0.15) is 0 Å². The number of nitrogens with zero attached hydrogens (tertiary/aromatic N) is 2. The van der Waals surface area contributed by atoms with Gasteiger partial charge in [0.2, 0.25) is 6.41 Å². The van der Waals surface area contributed by atoms with Crippen LogP contribution in [0.3, 0.4) is 0 Å². The van der Waals surface area contributed by atoms with Gasteiger partial charge in [-0.25, -0.2) is 9.97 Å². The molecule has 0 aromatic carbocycles. The van der Waals surface area contributed by atoms with E-state index >= 15 is 0 Å². The Kier molecular flexibility index (Phi) is 4.10. The molecule has 1 fully saturated rings. The highest BCUT2D eigenvalue weighted by molar-refractivity contribution is 5.85. The number of hydrogen-bond donors (Lipinski definition) is 5. The molecule has 0 unspecified atom stereocenters. The van der Waals surface area contributed by atoms with E-state index < -0.39 is 18.4 Å². The highest BCUT2D eigenvalue weighted by Crippen LogP contribution is 2.25. The van der Waals surface area contributed by atoms with Crippen LogP contribution in [0.5, 0.6) is 0 Å². The van der Waals surface area contributed by atoms with Gasteiger partial charge in [-0.1, -0.05) is 0 Å². The van der Waals surface area contributed by atoms with Crippen LogP contribution in [-0.4, -0.2) is 51.6 Å². The van der Waals surface area contributed by atoms with E-state index in [4.69, 9.17) is 10.5 Å². The minimum atomic E-state index is -0.902. The molecule has 2 heterocycles. The Labute approximate surface area is 108 Å². The minimum absolute atomic E-state index is 0.00976. The van der Waals surface area contributed by atoms with E-state index in [2.05, 4.69) is 20.6 Å². The van der Waals surface area contributed by atoms with Crippen LogP contribution >= 0.6 is 0 Å². The second kappa shape index (κ2) is 5.78. The van der Waals surface area contributed by atoms with E-state index in [-0.39, 0.29) is 30.4 Å². The van der Waals surface area contributed by atoms with Gasteiger partial charge in [-0.3, -0.25) is 4.79 Å². The lowest BCUT2D eigenvalue weighted by Gasteiger charge is -2.31. The summed E-state index contributed by atoms with van der Waals surface area (Å²) in [6.07, 6.45) is -0.442. The number of nitrogens with two attached hydrogens (primary N) is 1. The summed E-state index contributed by atoms with van der Waals surface area (Å²) in [4.78, 5) is 18.2. The lowest BCUT2D eigenvalue weighted by molar-refractivity contribution is -0.112. The van der Waals surface area contributed by atoms with Gasteiger partial charge in [0.15, 0.2) is 11.6 Å². The predicted octanol–water partition coefficient (Wildman–Crippen LogP) is -1.49. The van der Waals surface area contributed by atoms with E-state index in [9.17, 15) is 15.0 Å². The third kappa shape index (κ3) is 3.08. The number of carbonyl (C=O) groups excluding carboxylic acids is 1. The van der Waals surface area contributed by atoms with E-state index in [1.165, 1.54) is 6.33 Å². The number of aliphatic hydroxyl groups is 2. The summed E-state index contributed by atoms with van der Waals surface area (Å²) < 4.78 is 5.30. The molecule has 2 rings (SSSR count). The molecule has 1 aliphatic rings. The Morgan fingerprint density at radius 3 is 2.89 bits per heavy atom. The van der Waals surface area contributed by atoms with Crippen molar-refractivity contribution in [3.63, 3.8) is 0 Å². The van der Waals surface area contributed by atoms with Crippen LogP contribution in [0.2, 0.25) is 0 Å². The van der Waals surface area contributed by atoms with Crippen LogP contribution < -0.4 is 16.4 Å². The lowest BCUT2D eigenvalue weighted by Crippen LogP contribution is -2.44. The fourth-order valence-corrected chi connectivity index (χ4v) is 1.73. The van der Waals surface area contributed by atoms with Gasteiger partial charge in [0.25, 0.3) is 0 Å². The number of amides is 1. The Bertz CT molecular complexity index is 458. The third-order valence-electron chi connectivity index (χ3n) is 2.75. The van der Waals surface area contributed by atoms with Crippen LogP contribution in [0.4, 0.5) is 17.3 Å². The number of ether oxygens (including phenoxy) is 1. The Morgan fingerprint density at radius 1 is 1.42 bits per heavy atom. The maximum Gasteiger partial charge on any atom is 0.211 e. The summed E-state index contributed by atoms with van der Waals surface area (Å²) in [5, 5.41) is 24.2. The summed E-state index contributed by atoms with van der Waals surface area (Å²) in [6.45, 7) is 0.00976. The Morgan fingerprint density at radius 2 is 2.21 bits per heavy atom. The van der Waals surface area contributed by atoms with Crippen molar-refractivity contribution >= 4 is 23.7 Å². The van der Waals surface area contributed by atoms with Gasteiger partial charge < -0.3 is 31.3 Å². The molecule has 1 aliphatic heterocycles. The maximum atomic E-state index is 10.5. The van der Waals surface area contributed by atoms with Crippen LogP contribution in [0.1, 0.15) is 6.42 Å². The molecule has 1 aromatic heterocycles. The molecule has 0 saturated carbocycles. The van der Waals surface area contributed by atoms with Crippen molar-refractivity contribution in [2.24, 2.45) is 0 Å². The number of aromatic nitrogens is 2. The zero-order valence-electron chi connectivity index (χ0n) is 9.98. The van der Waals surface area contributed by atoms with Crippen molar-refractivity contribution < 1.29 is 19.7 Å². The molecular formula is C10H15N5O4. The van der Waals surface area contributed by atoms with Gasteiger partial charge in [0.05, 0.1) is 12.7 Å². The van der Waals surface area contributed by atoms with Gasteiger partial charge >= 0.3 is 0 Å². The molecule has 104 valence electrons. The molecule has 1 saturated heterocycles. The highest BCUT2D eigenvalue weighted by Gasteiger charge is 2.29. The number of rotatable bonds is 4. The second-order valence-corrected chi connectivity index (χ2v) is 4.08. The molecule has 0 radical (unpaired) electrons. The van der Waals surface area contributed by atoms with Crippen molar-refractivity contribution in [2.75, 3.05) is 23.0 Å². The molecule has 3 atom stereocenters. The van der Waals surface area contributed by atoms with Crippen molar-refractivity contribution in [2.45, 2.75) is 24.9 Å². The molecular weight excluding hydrogens is 254 g/mol. The first-order valence-corrected chi connectivity index (χ1v) is 5.66. The number of carbonyl (C=O) groups is 1. The normalized spacial score (nSPS) is 26.7. The zero-order chi connectivity index (χ0) is 13.8. The SMILES string of the molecule is Nc1ncnc(N[C@@H]2C[C@H](O)[C@H](O)CO2)c1NC=O. The molecule has 6 N–H and O–H groups in total. The standard InChI is InChI=1S/C10H15N5O4/c11-9-8(14-4-16)10(13-3-12-9)15-7-1-5(17)6(18)2-19-7/h3-7,17-18H,1-2H2,(H,14,16)(H3,11,12,13,15)/t5-,6+,7-/m0/s1. The maximum absolute atomic E-state index is 10.5. The summed E-state index contributed by atoms with van der Waals surface area (Å²) in [7, 11) is 0. The van der Waals surface area contributed by atoms with Gasteiger partial charge in [0.1, 0.15) is 24.3 Å². The smallest absolute Gasteiger partial charge is 0.211 e. The first-order valence-electron chi connectivity index (χ1n) is 5.66. The summed E-state index contributed by atoms with van der Waals surface area (Å²) in [6, 6.07) is 0. The second-order valence-electron chi connectivity index (χ2n) is 4.08. The number of aliphatic hydroxyl groups excluding tert-OH is 2. The average molecular weight is 269 g/mol. The number of nitrogens with one attached hydrogen (secondary N) is 2. The van der Waals surface area contributed by atoms with Crippen molar-refractivity contribution in [1.29, 1.82) is 0 Å². The first-order chi connectivity index (χ1) is 9.11. The molecule has 0 aliphatic carbocycles. The van der Waals surface area contributed by atoms with E-state index in [0.717, 1.165) is 0 Å². The molecule has 1 amide bonds.